The van der Waals surface area contributed by atoms with Crippen LogP contribution in [0.15, 0.2) is 22.7 Å². The van der Waals surface area contributed by atoms with E-state index >= 15 is 0 Å². The number of benzene rings is 1. The molecule has 0 N–H and O–H groups in total. The molecule has 0 bridgehead atoms. The van der Waals surface area contributed by atoms with E-state index < -0.39 is 0 Å². The van der Waals surface area contributed by atoms with E-state index in [1.807, 2.05) is 12.1 Å². The van der Waals surface area contributed by atoms with Crippen molar-refractivity contribution in [3.63, 3.8) is 0 Å². The van der Waals surface area contributed by atoms with E-state index in [1.54, 1.807) is 6.07 Å². The number of nitriles is 1. The van der Waals surface area contributed by atoms with Crippen LogP contribution in [0, 0.1) is 17.2 Å². The topological polar surface area (TPSA) is 33.0 Å². The molecule has 1 aliphatic rings. The fourth-order valence-corrected chi connectivity index (χ4v) is 1.51. The van der Waals surface area contributed by atoms with Crippen molar-refractivity contribution in [1.29, 1.82) is 5.26 Å². The third-order valence-corrected chi connectivity index (χ3v) is 2.93. The van der Waals surface area contributed by atoms with Crippen LogP contribution in [0.3, 0.4) is 0 Å². The first-order valence-corrected chi connectivity index (χ1v) is 5.41. The summed E-state index contributed by atoms with van der Waals surface area (Å²) in [5, 5.41) is 8.80. The molecule has 0 atom stereocenters. The van der Waals surface area contributed by atoms with Crippen molar-refractivity contribution < 1.29 is 4.74 Å². The molecule has 0 aromatic heterocycles. The van der Waals surface area contributed by atoms with Crippen molar-refractivity contribution in [3.8, 4) is 11.8 Å². The molecule has 0 aliphatic heterocycles. The van der Waals surface area contributed by atoms with Gasteiger partial charge in [-0.3, -0.25) is 0 Å². The molecule has 1 aliphatic carbocycles. The van der Waals surface area contributed by atoms with Gasteiger partial charge in [-0.1, -0.05) is 0 Å². The Bertz CT molecular complexity index is 379. The quantitative estimate of drug-likeness (QED) is 0.827. The van der Waals surface area contributed by atoms with Gasteiger partial charge >= 0.3 is 0 Å². The minimum absolute atomic E-state index is 0.623. The molecule has 0 unspecified atom stereocenters. The summed E-state index contributed by atoms with van der Waals surface area (Å²) in [6, 6.07) is 7.61. The molecule has 1 fully saturated rings. The van der Waals surface area contributed by atoms with Gasteiger partial charge in [-0.05, 0) is 52.9 Å². The van der Waals surface area contributed by atoms with Gasteiger partial charge in [-0.15, -0.1) is 0 Å². The minimum atomic E-state index is 0.623. The van der Waals surface area contributed by atoms with Gasteiger partial charge in [0.05, 0.1) is 12.2 Å². The summed E-state index contributed by atoms with van der Waals surface area (Å²) in [6.45, 7) is 0.784. The van der Waals surface area contributed by atoms with Crippen molar-refractivity contribution in [2.75, 3.05) is 6.61 Å². The summed E-state index contributed by atoms with van der Waals surface area (Å²) < 4.78 is 6.37. The fourth-order valence-electron chi connectivity index (χ4n) is 1.18. The van der Waals surface area contributed by atoms with E-state index in [0.717, 1.165) is 22.7 Å². The molecule has 2 nitrogen and oxygen atoms in total. The Kier molecular flexibility index (Phi) is 2.74. The van der Waals surface area contributed by atoms with Crippen LogP contribution in [0.2, 0.25) is 0 Å². The maximum Gasteiger partial charge on any atom is 0.120 e. The highest BCUT2D eigenvalue weighted by atomic mass is 79.9. The zero-order valence-corrected chi connectivity index (χ0v) is 9.25. The third kappa shape index (κ3) is 2.27. The number of hydrogen-bond donors (Lipinski definition) is 0. The molecular weight excluding hydrogens is 242 g/mol. The van der Waals surface area contributed by atoms with Crippen LogP contribution in [-0.2, 0) is 0 Å². The van der Waals surface area contributed by atoms with Crippen LogP contribution >= 0.6 is 15.9 Å². The first-order valence-electron chi connectivity index (χ1n) is 4.62. The summed E-state index contributed by atoms with van der Waals surface area (Å²) >= 11 is 3.30. The molecule has 0 spiro atoms. The third-order valence-electron chi connectivity index (χ3n) is 2.24. The largest absolute Gasteiger partial charge is 0.493 e. The smallest absolute Gasteiger partial charge is 0.120 e. The van der Waals surface area contributed by atoms with E-state index in [1.165, 1.54) is 12.8 Å². The van der Waals surface area contributed by atoms with Crippen LogP contribution in [0.4, 0.5) is 0 Å². The second-order valence-corrected chi connectivity index (χ2v) is 4.36. The molecule has 1 aromatic rings. The summed E-state index contributed by atoms with van der Waals surface area (Å²) in [5.41, 5.74) is 0.623. The van der Waals surface area contributed by atoms with Gasteiger partial charge in [0.25, 0.3) is 0 Å². The summed E-state index contributed by atoms with van der Waals surface area (Å²) in [7, 11) is 0. The number of rotatable bonds is 3. The van der Waals surface area contributed by atoms with Gasteiger partial charge in [0, 0.05) is 4.47 Å². The fraction of sp³-hybridized carbons (Fsp3) is 0.364. The molecule has 14 heavy (non-hydrogen) atoms. The predicted molar refractivity (Wildman–Crippen MR) is 57.1 cm³/mol. The van der Waals surface area contributed by atoms with Crippen molar-refractivity contribution >= 4 is 15.9 Å². The zero-order valence-electron chi connectivity index (χ0n) is 7.66. The molecule has 0 saturated heterocycles. The Morgan fingerprint density at radius 2 is 2.29 bits per heavy atom. The van der Waals surface area contributed by atoms with E-state index in [4.69, 9.17) is 10.00 Å². The number of halogens is 1. The van der Waals surface area contributed by atoms with Gasteiger partial charge in [0.15, 0.2) is 0 Å². The lowest BCUT2D eigenvalue weighted by Gasteiger charge is -2.05. The maximum atomic E-state index is 8.80. The number of nitrogens with zero attached hydrogens (tertiary/aromatic N) is 1. The Hall–Kier alpha value is -1.01. The monoisotopic (exact) mass is 251 g/mol. The molecule has 0 radical (unpaired) electrons. The van der Waals surface area contributed by atoms with E-state index in [0.29, 0.717) is 5.56 Å². The van der Waals surface area contributed by atoms with E-state index in [9.17, 15) is 0 Å². The molecule has 72 valence electrons. The Morgan fingerprint density at radius 3 is 2.93 bits per heavy atom. The SMILES string of the molecule is N#Cc1cc(OCC2CC2)ccc1Br. The lowest BCUT2D eigenvalue weighted by atomic mass is 10.2. The zero-order chi connectivity index (χ0) is 9.97. The van der Waals surface area contributed by atoms with Crippen molar-refractivity contribution in [1.82, 2.24) is 0 Å². The number of ether oxygens (including phenoxy) is 1. The Morgan fingerprint density at radius 1 is 1.50 bits per heavy atom. The summed E-state index contributed by atoms with van der Waals surface area (Å²) in [5.74, 6) is 1.53. The second-order valence-electron chi connectivity index (χ2n) is 3.51. The highest BCUT2D eigenvalue weighted by Gasteiger charge is 2.21. The molecule has 0 amide bonds. The highest BCUT2D eigenvalue weighted by molar-refractivity contribution is 9.10. The van der Waals surface area contributed by atoms with Crippen LogP contribution in [0.1, 0.15) is 18.4 Å². The number of hydrogen-bond acceptors (Lipinski definition) is 2. The normalized spacial score (nSPS) is 14.9. The summed E-state index contributed by atoms with van der Waals surface area (Å²) in [6.07, 6.45) is 2.56. The maximum absolute atomic E-state index is 8.80. The van der Waals surface area contributed by atoms with Gasteiger partial charge in [-0.25, -0.2) is 0 Å². The Labute approximate surface area is 91.6 Å². The molecule has 1 saturated carbocycles. The molecule has 1 aromatic carbocycles. The van der Waals surface area contributed by atoms with Crippen molar-refractivity contribution in [2.45, 2.75) is 12.8 Å². The van der Waals surface area contributed by atoms with E-state index in [2.05, 4.69) is 22.0 Å². The Balaban J connectivity index is 2.06. The predicted octanol–water partition coefficient (Wildman–Crippen LogP) is 3.11. The van der Waals surface area contributed by atoms with Crippen LogP contribution in [0.25, 0.3) is 0 Å². The minimum Gasteiger partial charge on any atom is -0.493 e. The van der Waals surface area contributed by atoms with Crippen molar-refractivity contribution in [3.05, 3.63) is 28.2 Å². The van der Waals surface area contributed by atoms with Crippen molar-refractivity contribution in [2.24, 2.45) is 5.92 Å². The average molecular weight is 252 g/mol. The molecular formula is C11H10BrNO. The lowest BCUT2D eigenvalue weighted by Crippen LogP contribution is -1.98. The molecule has 3 heteroatoms. The first kappa shape index (κ1) is 9.54. The second kappa shape index (κ2) is 4.02. The highest BCUT2D eigenvalue weighted by Crippen LogP contribution is 2.30. The van der Waals surface area contributed by atoms with Gasteiger partial charge < -0.3 is 4.74 Å². The standard InChI is InChI=1S/C11H10BrNO/c12-11-4-3-10(5-9(11)6-13)14-7-8-1-2-8/h3-5,8H,1-2,7H2. The van der Waals surface area contributed by atoms with Crippen LogP contribution in [-0.4, -0.2) is 6.61 Å². The van der Waals surface area contributed by atoms with Crippen LogP contribution in [0.5, 0.6) is 5.75 Å². The molecule has 0 heterocycles. The first-order chi connectivity index (χ1) is 6.79. The van der Waals surface area contributed by atoms with Gasteiger partial charge in [0.1, 0.15) is 11.8 Å². The van der Waals surface area contributed by atoms with Gasteiger partial charge in [0.2, 0.25) is 0 Å². The van der Waals surface area contributed by atoms with Gasteiger partial charge in [-0.2, -0.15) is 5.26 Å². The lowest BCUT2D eigenvalue weighted by molar-refractivity contribution is 0.299. The molecule has 2 rings (SSSR count). The van der Waals surface area contributed by atoms with E-state index in [-0.39, 0.29) is 0 Å². The summed E-state index contributed by atoms with van der Waals surface area (Å²) in [4.78, 5) is 0. The van der Waals surface area contributed by atoms with Crippen LogP contribution < -0.4 is 4.74 Å². The average Bonchev–Trinajstić information content (AvgIpc) is 3.00.